The lowest BCUT2D eigenvalue weighted by molar-refractivity contribution is -0.118. The first-order valence-electron chi connectivity index (χ1n) is 12.0. The number of hydrogen-bond donors (Lipinski definition) is 0. The number of anilines is 1. The molecule has 2 aromatic carbocycles. The zero-order valence-electron chi connectivity index (χ0n) is 20.4. The van der Waals surface area contributed by atoms with Crippen molar-refractivity contribution >= 4 is 11.7 Å². The van der Waals surface area contributed by atoms with Crippen LogP contribution >= 0.6 is 0 Å². The maximum absolute atomic E-state index is 13.7. The van der Waals surface area contributed by atoms with Gasteiger partial charge in [0.15, 0.2) is 0 Å². The van der Waals surface area contributed by atoms with Gasteiger partial charge in [-0.25, -0.2) is 4.79 Å². The maximum Gasteiger partial charge on any atom is 0.332 e. The van der Waals surface area contributed by atoms with E-state index in [1.54, 1.807) is 11.9 Å². The third-order valence-electron chi connectivity index (χ3n) is 6.41. The van der Waals surface area contributed by atoms with E-state index in [0.717, 1.165) is 29.8 Å². The Kier molecular flexibility index (Phi) is 7.94. The Morgan fingerprint density at radius 3 is 2.20 bits per heavy atom. The molecule has 1 aliphatic rings. The Morgan fingerprint density at radius 1 is 0.914 bits per heavy atom. The fourth-order valence-electron chi connectivity index (χ4n) is 4.50. The Morgan fingerprint density at radius 2 is 1.54 bits per heavy atom. The summed E-state index contributed by atoms with van der Waals surface area (Å²) in [7, 11) is 3.09. The molecule has 0 radical (unpaired) electrons. The second-order valence-electron chi connectivity index (χ2n) is 8.79. The molecule has 0 unspecified atom stereocenters. The summed E-state index contributed by atoms with van der Waals surface area (Å²) < 4.78 is 7.95. The summed E-state index contributed by atoms with van der Waals surface area (Å²) in [6.07, 6.45) is 0.883. The highest BCUT2D eigenvalue weighted by molar-refractivity contribution is 5.97. The van der Waals surface area contributed by atoms with E-state index in [2.05, 4.69) is 4.90 Å². The number of aromatic nitrogens is 2. The van der Waals surface area contributed by atoms with Crippen LogP contribution < -0.4 is 16.1 Å². The summed E-state index contributed by atoms with van der Waals surface area (Å²) in [6.45, 7) is 4.33. The first-order chi connectivity index (χ1) is 17.0. The first-order valence-corrected chi connectivity index (χ1v) is 12.0. The smallest absolute Gasteiger partial charge is 0.332 e. The molecule has 0 saturated carbocycles. The SMILES string of the molecule is Cn1c(N(CCCN2CCOCC2)C(=O)Cc2ccccc2)c(-c2ccccc2)c(=O)n(C)c1=O. The van der Waals surface area contributed by atoms with Gasteiger partial charge in [-0.2, -0.15) is 0 Å². The van der Waals surface area contributed by atoms with Crippen LogP contribution in [0.25, 0.3) is 11.1 Å². The number of carbonyl (C=O) groups excluding carboxylic acids is 1. The minimum atomic E-state index is -0.463. The summed E-state index contributed by atoms with van der Waals surface area (Å²) >= 11 is 0. The summed E-state index contributed by atoms with van der Waals surface area (Å²) in [5.41, 5.74) is 1.02. The molecule has 8 nitrogen and oxygen atoms in total. The standard InChI is InChI=1S/C27H32N4O4/c1-28-25(24(22-12-7-4-8-13-22)26(33)29(2)27(28)34)31(15-9-14-30-16-18-35-19-17-30)23(32)20-21-10-5-3-6-11-21/h3-8,10-13H,9,14-20H2,1-2H3. The molecule has 8 heteroatoms. The molecule has 35 heavy (non-hydrogen) atoms. The number of morpholine rings is 1. The van der Waals surface area contributed by atoms with Gasteiger partial charge in [0.2, 0.25) is 5.91 Å². The zero-order valence-corrected chi connectivity index (χ0v) is 20.4. The Bertz CT molecular complexity index is 1260. The monoisotopic (exact) mass is 476 g/mol. The fourth-order valence-corrected chi connectivity index (χ4v) is 4.50. The normalized spacial score (nSPS) is 14.1. The molecule has 0 N–H and O–H groups in total. The van der Waals surface area contributed by atoms with E-state index in [4.69, 9.17) is 4.74 Å². The van der Waals surface area contributed by atoms with E-state index in [0.29, 0.717) is 43.1 Å². The first kappa shape index (κ1) is 24.6. The molecule has 0 spiro atoms. The lowest BCUT2D eigenvalue weighted by Gasteiger charge is -2.30. The Hall–Kier alpha value is -3.49. The Balaban J connectivity index is 1.76. The topological polar surface area (TPSA) is 76.8 Å². The van der Waals surface area contributed by atoms with Crippen molar-refractivity contribution in [2.24, 2.45) is 14.1 Å². The van der Waals surface area contributed by atoms with Crippen molar-refractivity contribution in [3.05, 3.63) is 87.1 Å². The van der Waals surface area contributed by atoms with E-state index < -0.39 is 11.2 Å². The second-order valence-corrected chi connectivity index (χ2v) is 8.79. The largest absolute Gasteiger partial charge is 0.379 e. The van der Waals surface area contributed by atoms with Crippen LogP contribution in [0.4, 0.5) is 5.82 Å². The molecule has 1 aromatic heterocycles. The van der Waals surface area contributed by atoms with Crippen molar-refractivity contribution < 1.29 is 9.53 Å². The fraction of sp³-hybridized carbons (Fsp3) is 0.370. The zero-order chi connectivity index (χ0) is 24.8. The van der Waals surface area contributed by atoms with Gasteiger partial charge in [-0.3, -0.25) is 28.5 Å². The van der Waals surface area contributed by atoms with E-state index in [-0.39, 0.29) is 12.3 Å². The minimum absolute atomic E-state index is 0.154. The second kappa shape index (κ2) is 11.3. The number of ether oxygens (including phenoxy) is 1. The van der Waals surface area contributed by atoms with Crippen LogP contribution in [0.3, 0.4) is 0 Å². The number of nitrogens with zero attached hydrogens (tertiary/aromatic N) is 4. The molecule has 0 atom stereocenters. The maximum atomic E-state index is 13.7. The van der Waals surface area contributed by atoms with Gasteiger partial charge in [-0.15, -0.1) is 0 Å². The number of carbonyl (C=O) groups is 1. The molecule has 0 bridgehead atoms. The predicted octanol–water partition coefficient (Wildman–Crippen LogP) is 2.05. The van der Waals surface area contributed by atoms with E-state index in [1.807, 2.05) is 60.7 Å². The van der Waals surface area contributed by atoms with Crippen LogP contribution in [0.5, 0.6) is 0 Å². The van der Waals surface area contributed by atoms with Gasteiger partial charge >= 0.3 is 5.69 Å². The molecule has 0 aliphatic carbocycles. The summed E-state index contributed by atoms with van der Waals surface area (Å²) in [5.74, 6) is 0.186. The van der Waals surface area contributed by atoms with Gasteiger partial charge in [0.05, 0.1) is 25.2 Å². The molecular weight excluding hydrogens is 444 g/mol. The van der Waals surface area contributed by atoms with Crippen LogP contribution in [-0.4, -0.2) is 59.3 Å². The van der Waals surface area contributed by atoms with Crippen LogP contribution in [0.1, 0.15) is 12.0 Å². The van der Waals surface area contributed by atoms with Crippen molar-refractivity contribution in [3.8, 4) is 11.1 Å². The predicted molar refractivity (Wildman–Crippen MR) is 137 cm³/mol. The molecule has 1 saturated heterocycles. The highest BCUT2D eigenvalue weighted by Crippen LogP contribution is 2.27. The van der Waals surface area contributed by atoms with Crippen LogP contribution in [-0.2, 0) is 30.0 Å². The van der Waals surface area contributed by atoms with Crippen molar-refractivity contribution in [2.45, 2.75) is 12.8 Å². The molecule has 184 valence electrons. The summed E-state index contributed by atoms with van der Waals surface area (Å²) in [5, 5.41) is 0. The third kappa shape index (κ3) is 5.61. The van der Waals surface area contributed by atoms with Crippen LogP contribution in [0.2, 0.25) is 0 Å². The highest BCUT2D eigenvalue weighted by atomic mass is 16.5. The molecule has 3 aromatic rings. The van der Waals surface area contributed by atoms with Crippen molar-refractivity contribution in [3.63, 3.8) is 0 Å². The highest BCUT2D eigenvalue weighted by Gasteiger charge is 2.26. The van der Waals surface area contributed by atoms with Crippen molar-refractivity contribution in [2.75, 3.05) is 44.3 Å². The molecule has 4 rings (SSSR count). The lowest BCUT2D eigenvalue weighted by Crippen LogP contribution is -2.45. The van der Waals surface area contributed by atoms with Gasteiger partial charge in [-0.1, -0.05) is 60.7 Å². The van der Waals surface area contributed by atoms with E-state index >= 15 is 0 Å². The average molecular weight is 477 g/mol. The van der Waals surface area contributed by atoms with Gasteiger partial charge < -0.3 is 4.74 Å². The van der Waals surface area contributed by atoms with Gasteiger partial charge in [0.1, 0.15) is 5.82 Å². The van der Waals surface area contributed by atoms with Crippen molar-refractivity contribution in [1.82, 2.24) is 14.0 Å². The van der Waals surface area contributed by atoms with Gasteiger partial charge in [-0.05, 0) is 17.5 Å². The van der Waals surface area contributed by atoms with Crippen LogP contribution in [0.15, 0.2) is 70.3 Å². The summed E-state index contributed by atoms with van der Waals surface area (Å²) in [4.78, 5) is 44.0. The molecule has 1 fully saturated rings. The van der Waals surface area contributed by atoms with E-state index in [1.165, 1.54) is 11.6 Å². The lowest BCUT2D eigenvalue weighted by atomic mass is 10.1. The number of amides is 1. The van der Waals surface area contributed by atoms with Gasteiger partial charge in [0, 0.05) is 40.3 Å². The van der Waals surface area contributed by atoms with Crippen LogP contribution in [0, 0.1) is 0 Å². The average Bonchev–Trinajstić information content (AvgIpc) is 2.89. The number of rotatable bonds is 8. The number of benzene rings is 2. The van der Waals surface area contributed by atoms with Crippen molar-refractivity contribution in [1.29, 1.82) is 0 Å². The van der Waals surface area contributed by atoms with E-state index in [9.17, 15) is 14.4 Å². The van der Waals surface area contributed by atoms with Gasteiger partial charge in [0.25, 0.3) is 5.56 Å². The molecule has 1 amide bonds. The quantitative estimate of drug-likeness (QED) is 0.497. The third-order valence-corrected chi connectivity index (χ3v) is 6.41. The molecule has 2 heterocycles. The number of hydrogen-bond acceptors (Lipinski definition) is 5. The summed E-state index contributed by atoms with van der Waals surface area (Å²) in [6, 6.07) is 18.7. The molecule has 1 aliphatic heterocycles. The Labute approximate surface area is 205 Å². The molecular formula is C27H32N4O4. The minimum Gasteiger partial charge on any atom is -0.379 e.